The highest BCUT2D eigenvalue weighted by Gasteiger charge is 2.26. The fourth-order valence-electron chi connectivity index (χ4n) is 1.35. The lowest BCUT2D eigenvalue weighted by Gasteiger charge is -2.07. The Morgan fingerprint density at radius 1 is 1.11 bits per heavy atom. The molecule has 7 heteroatoms. The van der Waals surface area contributed by atoms with Crippen LogP contribution in [0.3, 0.4) is 0 Å². The zero-order valence-electron chi connectivity index (χ0n) is 9.90. The minimum Gasteiger partial charge on any atom is -0.345 e. The first-order valence-electron chi connectivity index (χ1n) is 5.73. The van der Waals surface area contributed by atoms with Crippen molar-refractivity contribution in [2.75, 3.05) is 0 Å². The van der Waals surface area contributed by atoms with Crippen molar-refractivity contribution in [3.8, 4) is 0 Å². The van der Waals surface area contributed by atoms with Crippen LogP contribution in [0.4, 0.5) is 0 Å². The van der Waals surface area contributed by atoms with Crippen LogP contribution in [-0.2, 0) is 9.59 Å². The number of carbonyl (C=O) groups is 3. The Morgan fingerprint density at radius 3 is 2.47 bits per heavy atom. The van der Waals surface area contributed by atoms with Gasteiger partial charge in [0.25, 0.3) is 5.91 Å². The van der Waals surface area contributed by atoms with Crippen molar-refractivity contribution < 1.29 is 14.4 Å². The molecule has 1 aliphatic carbocycles. The number of halogens is 1. The summed E-state index contributed by atoms with van der Waals surface area (Å²) >= 11 is 5.73. The third-order valence-electron chi connectivity index (χ3n) is 2.50. The molecule has 6 nitrogen and oxygen atoms in total. The van der Waals surface area contributed by atoms with Crippen LogP contribution in [-0.4, -0.2) is 23.8 Å². The summed E-state index contributed by atoms with van der Waals surface area (Å²) in [6, 6.07) is 6.31. The molecule has 3 amide bonds. The molecule has 0 radical (unpaired) electrons. The molecule has 1 saturated carbocycles. The van der Waals surface area contributed by atoms with Crippen LogP contribution >= 0.6 is 11.6 Å². The Morgan fingerprint density at radius 2 is 1.84 bits per heavy atom. The summed E-state index contributed by atoms with van der Waals surface area (Å²) in [6.45, 7) is 0. The van der Waals surface area contributed by atoms with Gasteiger partial charge in [0.15, 0.2) is 0 Å². The van der Waals surface area contributed by atoms with Crippen molar-refractivity contribution in [2.24, 2.45) is 0 Å². The normalized spacial score (nSPS) is 13.5. The summed E-state index contributed by atoms with van der Waals surface area (Å²) in [4.78, 5) is 34.3. The van der Waals surface area contributed by atoms with Crippen molar-refractivity contribution in [1.82, 2.24) is 16.2 Å². The predicted octanol–water partition coefficient (Wildman–Crippen LogP) is 0.380. The number of hydrogen-bond donors (Lipinski definition) is 3. The second-order valence-corrected chi connectivity index (χ2v) is 4.60. The largest absolute Gasteiger partial charge is 0.345 e. The Hall–Kier alpha value is -2.08. The molecule has 0 aliphatic heterocycles. The van der Waals surface area contributed by atoms with Crippen LogP contribution in [0.5, 0.6) is 0 Å². The summed E-state index contributed by atoms with van der Waals surface area (Å²) in [7, 11) is 0. The molecule has 100 valence electrons. The molecule has 0 unspecified atom stereocenters. The first kappa shape index (κ1) is 13.4. The van der Waals surface area contributed by atoms with E-state index < -0.39 is 17.7 Å². The number of rotatable bonds is 2. The molecule has 2 rings (SSSR count). The zero-order chi connectivity index (χ0) is 13.8. The minimum absolute atomic E-state index is 0.0851. The van der Waals surface area contributed by atoms with Crippen molar-refractivity contribution in [2.45, 2.75) is 18.9 Å². The molecule has 1 aliphatic rings. The van der Waals surface area contributed by atoms with Gasteiger partial charge in [0, 0.05) is 16.6 Å². The van der Waals surface area contributed by atoms with Gasteiger partial charge in [-0.1, -0.05) is 17.7 Å². The Bertz CT molecular complexity index is 529. The highest BCUT2D eigenvalue weighted by molar-refractivity contribution is 6.35. The fourth-order valence-corrected chi connectivity index (χ4v) is 1.54. The molecule has 0 saturated heterocycles. The lowest BCUT2D eigenvalue weighted by atomic mass is 10.2. The standard InChI is InChI=1S/C12H12ClN3O3/c13-8-3-1-2-7(6-8)10(17)15-16-12(19)11(18)14-9-4-5-9/h1-3,6,9H,4-5H2,(H,14,18)(H,15,17)(H,16,19). The highest BCUT2D eigenvalue weighted by Crippen LogP contribution is 2.18. The van der Waals surface area contributed by atoms with Crippen LogP contribution in [0.2, 0.25) is 5.02 Å². The maximum Gasteiger partial charge on any atom is 0.327 e. The quantitative estimate of drug-likeness (QED) is 0.541. The van der Waals surface area contributed by atoms with Crippen molar-refractivity contribution >= 4 is 29.3 Å². The zero-order valence-corrected chi connectivity index (χ0v) is 10.7. The molecular weight excluding hydrogens is 270 g/mol. The monoisotopic (exact) mass is 281 g/mol. The summed E-state index contributed by atoms with van der Waals surface area (Å²) in [5.41, 5.74) is 4.47. The van der Waals surface area contributed by atoms with Gasteiger partial charge in [0.2, 0.25) is 0 Å². The smallest absolute Gasteiger partial charge is 0.327 e. The highest BCUT2D eigenvalue weighted by atomic mass is 35.5. The van der Waals surface area contributed by atoms with Gasteiger partial charge < -0.3 is 5.32 Å². The summed E-state index contributed by atoms with van der Waals surface area (Å²) in [5.74, 6) is -2.20. The SMILES string of the molecule is O=C(NNC(=O)c1cccc(Cl)c1)C(=O)NC1CC1. The first-order valence-corrected chi connectivity index (χ1v) is 6.11. The van der Waals surface area contributed by atoms with E-state index in [4.69, 9.17) is 11.6 Å². The lowest BCUT2D eigenvalue weighted by molar-refractivity contribution is -0.139. The summed E-state index contributed by atoms with van der Waals surface area (Å²) in [5, 5.41) is 2.91. The predicted molar refractivity (Wildman–Crippen MR) is 68.2 cm³/mol. The van der Waals surface area contributed by atoms with E-state index in [2.05, 4.69) is 10.7 Å². The van der Waals surface area contributed by atoms with Crippen molar-refractivity contribution in [3.63, 3.8) is 0 Å². The number of amides is 3. The molecule has 19 heavy (non-hydrogen) atoms. The second kappa shape index (κ2) is 5.71. The molecule has 1 aromatic carbocycles. The van der Waals surface area contributed by atoms with E-state index in [1.54, 1.807) is 12.1 Å². The van der Waals surface area contributed by atoms with Gasteiger partial charge in [-0.25, -0.2) is 0 Å². The Balaban J connectivity index is 1.82. The first-order chi connectivity index (χ1) is 9.06. The van der Waals surface area contributed by atoms with Gasteiger partial charge in [0.1, 0.15) is 0 Å². The van der Waals surface area contributed by atoms with Gasteiger partial charge in [-0.05, 0) is 31.0 Å². The molecule has 0 aromatic heterocycles. The van der Waals surface area contributed by atoms with E-state index in [0.717, 1.165) is 12.8 Å². The van der Waals surface area contributed by atoms with Crippen molar-refractivity contribution in [1.29, 1.82) is 0 Å². The average molecular weight is 282 g/mol. The third kappa shape index (κ3) is 3.96. The van der Waals surface area contributed by atoms with E-state index >= 15 is 0 Å². The third-order valence-corrected chi connectivity index (χ3v) is 2.73. The molecule has 3 N–H and O–H groups in total. The second-order valence-electron chi connectivity index (χ2n) is 4.17. The molecule has 0 spiro atoms. The van der Waals surface area contributed by atoms with Gasteiger partial charge >= 0.3 is 11.8 Å². The van der Waals surface area contributed by atoms with Gasteiger partial charge in [-0.15, -0.1) is 0 Å². The Kier molecular flexibility index (Phi) is 4.01. The Labute approximate surface area is 114 Å². The van der Waals surface area contributed by atoms with E-state index in [1.165, 1.54) is 12.1 Å². The lowest BCUT2D eigenvalue weighted by Crippen LogP contribution is -2.48. The topological polar surface area (TPSA) is 87.3 Å². The van der Waals surface area contributed by atoms with Crippen LogP contribution in [0.25, 0.3) is 0 Å². The van der Waals surface area contributed by atoms with Gasteiger partial charge in [-0.3, -0.25) is 25.2 Å². The minimum atomic E-state index is -0.901. The molecule has 0 bridgehead atoms. The van der Waals surface area contributed by atoms with Crippen molar-refractivity contribution in [3.05, 3.63) is 34.9 Å². The number of benzene rings is 1. The number of nitrogens with one attached hydrogen (secondary N) is 3. The van der Waals surface area contributed by atoms with E-state index in [1.807, 2.05) is 5.43 Å². The molecule has 0 heterocycles. The van der Waals surface area contributed by atoms with Crippen LogP contribution in [0.1, 0.15) is 23.2 Å². The molecule has 0 atom stereocenters. The van der Waals surface area contributed by atoms with Gasteiger partial charge in [0.05, 0.1) is 0 Å². The van der Waals surface area contributed by atoms with Crippen LogP contribution < -0.4 is 16.2 Å². The molecular formula is C12H12ClN3O3. The maximum absolute atomic E-state index is 11.6. The van der Waals surface area contributed by atoms with Gasteiger partial charge in [-0.2, -0.15) is 0 Å². The number of hydrazine groups is 1. The maximum atomic E-state index is 11.6. The van der Waals surface area contributed by atoms with E-state index in [0.29, 0.717) is 5.02 Å². The van der Waals surface area contributed by atoms with Crippen LogP contribution in [0, 0.1) is 0 Å². The molecule has 1 fully saturated rings. The van der Waals surface area contributed by atoms with E-state index in [-0.39, 0.29) is 11.6 Å². The van der Waals surface area contributed by atoms with Crippen LogP contribution in [0.15, 0.2) is 24.3 Å². The number of hydrogen-bond acceptors (Lipinski definition) is 3. The summed E-state index contributed by atoms with van der Waals surface area (Å²) < 4.78 is 0. The molecule has 1 aromatic rings. The number of carbonyl (C=O) groups excluding carboxylic acids is 3. The van der Waals surface area contributed by atoms with E-state index in [9.17, 15) is 14.4 Å². The average Bonchev–Trinajstić information content (AvgIpc) is 3.19. The fraction of sp³-hybridized carbons (Fsp3) is 0.250. The summed E-state index contributed by atoms with van der Waals surface area (Å²) in [6.07, 6.45) is 1.77.